The minimum atomic E-state index is -3.84. The number of carbonyl (C=O) groups excluding carboxylic acids is 2. The van der Waals surface area contributed by atoms with Gasteiger partial charge in [-0.3, -0.25) is 13.9 Å². The summed E-state index contributed by atoms with van der Waals surface area (Å²) in [5.41, 5.74) is 0.968. The van der Waals surface area contributed by atoms with E-state index in [4.69, 9.17) is 0 Å². The second kappa shape index (κ2) is 11.1. The van der Waals surface area contributed by atoms with Crippen LogP contribution >= 0.6 is 0 Å². The molecule has 0 saturated carbocycles. The van der Waals surface area contributed by atoms with E-state index in [1.54, 1.807) is 6.92 Å². The first-order chi connectivity index (χ1) is 15.0. The Morgan fingerprint density at radius 3 is 2.12 bits per heavy atom. The van der Waals surface area contributed by atoms with Gasteiger partial charge in [-0.2, -0.15) is 0 Å². The number of carbonyl (C=O) groups is 2. The number of nitrogens with zero attached hydrogens (tertiary/aromatic N) is 2. The van der Waals surface area contributed by atoms with Crippen LogP contribution in [-0.2, 0) is 26.2 Å². The number of hydrogen-bond acceptors (Lipinski definition) is 4. The number of amides is 2. The van der Waals surface area contributed by atoms with Crippen LogP contribution in [0.5, 0.6) is 0 Å². The van der Waals surface area contributed by atoms with E-state index in [-0.39, 0.29) is 24.1 Å². The molecule has 0 aliphatic carbocycles. The van der Waals surface area contributed by atoms with E-state index in [1.807, 2.05) is 44.2 Å². The Hall–Kier alpha value is -2.94. The van der Waals surface area contributed by atoms with Gasteiger partial charge in [0.05, 0.1) is 11.9 Å². The van der Waals surface area contributed by atoms with E-state index < -0.39 is 34.3 Å². The number of benzene rings is 2. The second-order valence-corrected chi connectivity index (χ2v) is 9.98. The molecule has 0 saturated heterocycles. The molecule has 0 aromatic heterocycles. The highest BCUT2D eigenvalue weighted by Gasteiger charge is 2.30. The fourth-order valence-corrected chi connectivity index (χ4v) is 3.89. The average Bonchev–Trinajstić information content (AvgIpc) is 2.74. The summed E-state index contributed by atoms with van der Waals surface area (Å²) in [6, 6.07) is 13.2. The fraction of sp³-hybridized carbons (Fsp3) is 0.391. The van der Waals surface area contributed by atoms with Crippen molar-refractivity contribution in [2.24, 2.45) is 5.92 Å². The van der Waals surface area contributed by atoms with Gasteiger partial charge in [-0.05, 0) is 42.7 Å². The van der Waals surface area contributed by atoms with Gasteiger partial charge in [-0.25, -0.2) is 12.8 Å². The normalized spacial score (nSPS) is 12.3. The van der Waals surface area contributed by atoms with Gasteiger partial charge in [-0.1, -0.05) is 44.2 Å². The van der Waals surface area contributed by atoms with Gasteiger partial charge in [0, 0.05) is 13.1 Å². The average molecular weight is 464 g/mol. The number of sulfonamides is 1. The first kappa shape index (κ1) is 25.3. The molecular weight excluding hydrogens is 433 g/mol. The highest BCUT2D eigenvalue weighted by atomic mass is 32.2. The van der Waals surface area contributed by atoms with Crippen LogP contribution < -0.4 is 9.62 Å². The second-order valence-electron chi connectivity index (χ2n) is 8.07. The van der Waals surface area contributed by atoms with Crippen molar-refractivity contribution >= 4 is 27.5 Å². The first-order valence-electron chi connectivity index (χ1n) is 10.3. The summed E-state index contributed by atoms with van der Waals surface area (Å²) in [5.74, 6) is -1.15. The Bertz CT molecular complexity index is 1010. The summed E-state index contributed by atoms with van der Waals surface area (Å²) in [5, 5.41) is 2.82. The molecule has 174 valence electrons. The Labute approximate surface area is 189 Å². The molecule has 2 aromatic rings. The lowest BCUT2D eigenvalue weighted by atomic mass is 10.1. The van der Waals surface area contributed by atoms with Crippen molar-refractivity contribution in [1.29, 1.82) is 0 Å². The van der Waals surface area contributed by atoms with Gasteiger partial charge < -0.3 is 10.2 Å². The smallest absolute Gasteiger partial charge is 0.244 e. The predicted molar refractivity (Wildman–Crippen MR) is 123 cm³/mol. The topological polar surface area (TPSA) is 86.8 Å². The van der Waals surface area contributed by atoms with Crippen molar-refractivity contribution in [3.8, 4) is 0 Å². The SMILES string of the molecule is CC(C)CNC(=O)C(C)N(Cc1ccccc1)C(=O)CN(c1ccc(F)cc1)S(C)(=O)=O. The van der Waals surface area contributed by atoms with Crippen LogP contribution in [-0.4, -0.2) is 50.5 Å². The maximum Gasteiger partial charge on any atom is 0.244 e. The molecule has 32 heavy (non-hydrogen) atoms. The predicted octanol–water partition coefficient (Wildman–Crippen LogP) is 2.78. The third-order valence-electron chi connectivity index (χ3n) is 4.84. The molecule has 0 radical (unpaired) electrons. The summed E-state index contributed by atoms with van der Waals surface area (Å²) in [6.45, 7) is 5.62. The first-order valence-corrected chi connectivity index (χ1v) is 12.2. The molecule has 1 N–H and O–H groups in total. The molecule has 1 atom stereocenters. The maximum atomic E-state index is 13.3. The number of hydrogen-bond donors (Lipinski definition) is 1. The summed E-state index contributed by atoms with van der Waals surface area (Å²) in [6.07, 6.45) is 0.976. The number of halogens is 1. The number of rotatable bonds is 10. The molecule has 2 aromatic carbocycles. The zero-order valence-electron chi connectivity index (χ0n) is 18.8. The van der Waals surface area contributed by atoms with E-state index in [2.05, 4.69) is 5.32 Å². The summed E-state index contributed by atoms with van der Waals surface area (Å²) in [7, 11) is -3.84. The van der Waals surface area contributed by atoms with E-state index in [9.17, 15) is 22.4 Å². The molecule has 0 heterocycles. The standard InChI is InChI=1S/C23H30FN3O4S/c1-17(2)14-25-23(29)18(3)26(15-19-8-6-5-7-9-19)22(28)16-27(32(4,30)31)21-12-10-20(24)11-13-21/h5-13,17-18H,14-16H2,1-4H3,(H,25,29). The molecule has 7 nitrogen and oxygen atoms in total. The Kier molecular flexibility index (Phi) is 8.77. The fourth-order valence-electron chi connectivity index (χ4n) is 3.04. The van der Waals surface area contributed by atoms with Gasteiger partial charge in [0.2, 0.25) is 21.8 Å². The van der Waals surface area contributed by atoms with Crippen LogP contribution in [0.25, 0.3) is 0 Å². The van der Waals surface area contributed by atoms with E-state index in [0.717, 1.165) is 28.3 Å². The van der Waals surface area contributed by atoms with E-state index in [1.165, 1.54) is 17.0 Å². The van der Waals surface area contributed by atoms with Crippen LogP contribution in [0.4, 0.5) is 10.1 Å². The van der Waals surface area contributed by atoms with Crippen molar-refractivity contribution < 1.29 is 22.4 Å². The number of anilines is 1. The van der Waals surface area contributed by atoms with Crippen molar-refractivity contribution in [2.75, 3.05) is 23.7 Å². The number of nitrogens with one attached hydrogen (secondary N) is 1. The largest absolute Gasteiger partial charge is 0.354 e. The molecule has 0 aliphatic heterocycles. The molecular formula is C23H30FN3O4S. The molecule has 0 fully saturated rings. The lowest BCUT2D eigenvalue weighted by Crippen LogP contribution is -2.51. The van der Waals surface area contributed by atoms with Crippen LogP contribution in [0.2, 0.25) is 0 Å². The van der Waals surface area contributed by atoms with Gasteiger partial charge in [-0.15, -0.1) is 0 Å². The molecule has 2 rings (SSSR count). The van der Waals surface area contributed by atoms with Gasteiger partial charge in [0.1, 0.15) is 18.4 Å². The zero-order valence-corrected chi connectivity index (χ0v) is 19.6. The highest BCUT2D eigenvalue weighted by molar-refractivity contribution is 7.92. The Morgan fingerprint density at radius 2 is 1.59 bits per heavy atom. The minimum Gasteiger partial charge on any atom is -0.354 e. The summed E-state index contributed by atoms with van der Waals surface area (Å²) >= 11 is 0. The highest BCUT2D eigenvalue weighted by Crippen LogP contribution is 2.19. The lowest BCUT2D eigenvalue weighted by molar-refractivity contribution is -0.139. The molecule has 0 spiro atoms. The summed E-state index contributed by atoms with van der Waals surface area (Å²) < 4.78 is 39.0. The minimum absolute atomic E-state index is 0.136. The monoisotopic (exact) mass is 463 g/mol. The zero-order chi connectivity index (χ0) is 23.9. The van der Waals surface area contributed by atoms with Gasteiger partial charge in [0.15, 0.2) is 0 Å². The Balaban J connectivity index is 2.32. The van der Waals surface area contributed by atoms with E-state index in [0.29, 0.717) is 6.54 Å². The summed E-state index contributed by atoms with van der Waals surface area (Å²) in [4.78, 5) is 27.3. The van der Waals surface area contributed by atoms with Crippen molar-refractivity contribution in [3.63, 3.8) is 0 Å². The third kappa shape index (κ3) is 7.33. The van der Waals surface area contributed by atoms with Gasteiger partial charge in [0.25, 0.3) is 0 Å². The Morgan fingerprint density at radius 1 is 1.00 bits per heavy atom. The van der Waals surface area contributed by atoms with Crippen molar-refractivity contribution in [3.05, 3.63) is 66.0 Å². The van der Waals surface area contributed by atoms with Crippen LogP contribution in [0.15, 0.2) is 54.6 Å². The quantitative estimate of drug-likeness (QED) is 0.587. The molecule has 0 bridgehead atoms. The molecule has 2 amide bonds. The molecule has 1 unspecified atom stereocenters. The van der Waals surface area contributed by atoms with Gasteiger partial charge >= 0.3 is 0 Å². The van der Waals surface area contributed by atoms with Crippen LogP contribution in [0, 0.1) is 11.7 Å². The lowest BCUT2D eigenvalue weighted by Gasteiger charge is -2.31. The van der Waals surface area contributed by atoms with Crippen molar-refractivity contribution in [1.82, 2.24) is 10.2 Å². The molecule has 0 aliphatic rings. The van der Waals surface area contributed by atoms with E-state index >= 15 is 0 Å². The van der Waals surface area contributed by atoms with Crippen LogP contribution in [0.3, 0.4) is 0 Å². The van der Waals surface area contributed by atoms with Crippen LogP contribution in [0.1, 0.15) is 26.3 Å². The maximum absolute atomic E-state index is 13.3. The molecule has 9 heteroatoms. The third-order valence-corrected chi connectivity index (χ3v) is 5.98. The van der Waals surface area contributed by atoms with Crippen molar-refractivity contribution in [2.45, 2.75) is 33.4 Å².